The maximum absolute atomic E-state index is 14.2. The van der Waals surface area contributed by atoms with Gasteiger partial charge in [-0.15, -0.1) is 0 Å². The van der Waals surface area contributed by atoms with Crippen molar-refractivity contribution in [2.75, 3.05) is 24.6 Å². The largest absolute Gasteiger partial charge is 0.394 e. The summed E-state index contributed by atoms with van der Waals surface area (Å²) in [5.74, 6) is -0.163. The molecule has 0 amide bonds. The lowest BCUT2D eigenvalue weighted by Crippen LogP contribution is -2.45. The molecule has 1 atom stereocenters. The number of nitrogens with zero attached hydrogens (tertiary/aromatic N) is 1. The zero-order valence-corrected chi connectivity index (χ0v) is 13.2. The summed E-state index contributed by atoms with van der Waals surface area (Å²) in [6.07, 6.45) is 4.21. The van der Waals surface area contributed by atoms with Crippen LogP contribution in [0.5, 0.6) is 0 Å². The van der Waals surface area contributed by atoms with Gasteiger partial charge in [0.15, 0.2) is 0 Å². The van der Waals surface area contributed by atoms with E-state index in [2.05, 4.69) is 17.1 Å². The molecule has 1 saturated heterocycles. The predicted molar refractivity (Wildman–Crippen MR) is 85.1 cm³/mol. The molecule has 21 heavy (non-hydrogen) atoms. The second-order valence-corrected chi connectivity index (χ2v) is 6.25. The number of anilines is 1. The van der Waals surface area contributed by atoms with Crippen molar-refractivity contribution in [3.8, 4) is 0 Å². The lowest BCUT2D eigenvalue weighted by Gasteiger charge is -2.30. The first-order chi connectivity index (χ1) is 10.1. The Balaban J connectivity index is 2.15. The molecule has 1 aliphatic rings. The Morgan fingerprint density at radius 3 is 2.67 bits per heavy atom. The van der Waals surface area contributed by atoms with Gasteiger partial charge < -0.3 is 15.3 Å². The highest BCUT2D eigenvalue weighted by Crippen LogP contribution is 2.27. The van der Waals surface area contributed by atoms with Crippen LogP contribution < -0.4 is 10.2 Å². The van der Waals surface area contributed by atoms with Crippen LogP contribution in [0.15, 0.2) is 18.2 Å². The van der Waals surface area contributed by atoms with Crippen molar-refractivity contribution in [1.29, 1.82) is 0 Å². The van der Waals surface area contributed by atoms with Gasteiger partial charge >= 0.3 is 0 Å². The number of halogens is 1. The molecule has 0 radical (unpaired) electrons. The van der Waals surface area contributed by atoms with Crippen LogP contribution in [0.4, 0.5) is 10.1 Å². The third-order valence-corrected chi connectivity index (χ3v) is 4.38. The fourth-order valence-electron chi connectivity index (χ4n) is 3.05. The molecule has 4 heteroatoms. The van der Waals surface area contributed by atoms with Crippen LogP contribution in [-0.2, 0) is 6.54 Å². The van der Waals surface area contributed by atoms with Gasteiger partial charge in [-0.1, -0.05) is 19.4 Å². The smallest absolute Gasteiger partial charge is 0.129 e. The van der Waals surface area contributed by atoms with Crippen molar-refractivity contribution >= 4 is 5.69 Å². The lowest BCUT2D eigenvalue weighted by molar-refractivity contribution is 0.163. The summed E-state index contributed by atoms with van der Waals surface area (Å²) in [6, 6.07) is 5.30. The zero-order valence-electron chi connectivity index (χ0n) is 13.2. The second-order valence-electron chi connectivity index (χ2n) is 6.25. The number of benzene rings is 1. The van der Waals surface area contributed by atoms with E-state index in [0.717, 1.165) is 37.2 Å². The van der Waals surface area contributed by atoms with Crippen LogP contribution in [0.1, 0.15) is 45.1 Å². The molecular weight excluding hydrogens is 267 g/mol. The van der Waals surface area contributed by atoms with Crippen LogP contribution in [0.2, 0.25) is 0 Å². The Labute approximate surface area is 127 Å². The molecule has 1 aromatic carbocycles. The van der Waals surface area contributed by atoms with Crippen LogP contribution in [0, 0.1) is 5.82 Å². The molecule has 1 aliphatic heterocycles. The Bertz CT molecular complexity index is 460. The summed E-state index contributed by atoms with van der Waals surface area (Å²) in [4.78, 5) is 2.26. The molecule has 0 bridgehead atoms. The Morgan fingerprint density at radius 1 is 1.33 bits per heavy atom. The number of hydrogen-bond donors (Lipinski definition) is 2. The molecule has 0 aliphatic carbocycles. The summed E-state index contributed by atoms with van der Waals surface area (Å²) < 4.78 is 14.2. The van der Waals surface area contributed by atoms with E-state index in [1.807, 2.05) is 13.0 Å². The van der Waals surface area contributed by atoms with Crippen LogP contribution in [-0.4, -0.2) is 30.3 Å². The summed E-state index contributed by atoms with van der Waals surface area (Å²) in [5, 5.41) is 12.9. The minimum atomic E-state index is -0.348. The van der Waals surface area contributed by atoms with Crippen molar-refractivity contribution in [2.24, 2.45) is 0 Å². The third-order valence-electron chi connectivity index (χ3n) is 4.38. The SMILES string of the molecule is CCC[C@](C)(CO)NCc1c(F)cccc1N1CCCC1. The van der Waals surface area contributed by atoms with Gasteiger partial charge in [-0.05, 0) is 38.3 Å². The predicted octanol–water partition coefficient (Wildman–Crippen LogP) is 3.07. The molecule has 0 saturated carbocycles. The van der Waals surface area contributed by atoms with Crippen molar-refractivity contribution in [3.63, 3.8) is 0 Å². The highest BCUT2D eigenvalue weighted by Gasteiger charge is 2.24. The molecule has 1 fully saturated rings. The van der Waals surface area contributed by atoms with Crippen molar-refractivity contribution in [3.05, 3.63) is 29.6 Å². The van der Waals surface area contributed by atoms with Crippen LogP contribution >= 0.6 is 0 Å². The molecule has 3 nitrogen and oxygen atoms in total. The average molecular weight is 294 g/mol. The second kappa shape index (κ2) is 7.23. The van der Waals surface area contributed by atoms with Gasteiger partial charge in [-0.3, -0.25) is 0 Å². The van der Waals surface area contributed by atoms with Gasteiger partial charge in [0.25, 0.3) is 0 Å². The first kappa shape index (κ1) is 16.2. The minimum Gasteiger partial charge on any atom is -0.394 e. The summed E-state index contributed by atoms with van der Waals surface area (Å²) in [5.41, 5.74) is 1.37. The first-order valence-electron chi connectivity index (χ1n) is 7.98. The molecular formula is C17H27FN2O. The van der Waals surface area contributed by atoms with Gasteiger partial charge in [0.2, 0.25) is 0 Å². The number of aliphatic hydroxyl groups excluding tert-OH is 1. The van der Waals surface area contributed by atoms with E-state index in [-0.39, 0.29) is 18.0 Å². The molecule has 1 heterocycles. The van der Waals surface area contributed by atoms with Gasteiger partial charge in [0, 0.05) is 36.4 Å². The van der Waals surface area contributed by atoms with E-state index in [4.69, 9.17) is 0 Å². The van der Waals surface area contributed by atoms with Gasteiger partial charge in [0.05, 0.1) is 6.61 Å². The quantitative estimate of drug-likeness (QED) is 0.811. The van der Waals surface area contributed by atoms with E-state index < -0.39 is 0 Å². The number of aliphatic hydroxyl groups is 1. The fourth-order valence-corrected chi connectivity index (χ4v) is 3.05. The minimum absolute atomic E-state index is 0.0638. The topological polar surface area (TPSA) is 35.5 Å². The van der Waals surface area contributed by atoms with Gasteiger partial charge in [-0.2, -0.15) is 0 Å². The highest BCUT2D eigenvalue weighted by atomic mass is 19.1. The summed E-state index contributed by atoms with van der Waals surface area (Å²) >= 11 is 0. The van der Waals surface area contributed by atoms with E-state index in [1.54, 1.807) is 6.07 Å². The maximum atomic E-state index is 14.2. The van der Waals surface area contributed by atoms with Crippen LogP contribution in [0.25, 0.3) is 0 Å². The van der Waals surface area contributed by atoms with E-state index in [9.17, 15) is 9.50 Å². The van der Waals surface area contributed by atoms with E-state index >= 15 is 0 Å². The van der Waals surface area contributed by atoms with Gasteiger partial charge in [-0.25, -0.2) is 4.39 Å². The van der Waals surface area contributed by atoms with Gasteiger partial charge in [0.1, 0.15) is 5.82 Å². The normalized spacial score (nSPS) is 18.0. The summed E-state index contributed by atoms with van der Waals surface area (Å²) in [7, 11) is 0. The van der Waals surface area contributed by atoms with Crippen molar-refractivity contribution in [2.45, 2.75) is 51.6 Å². The standard InChI is InChI=1S/C17H27FN2O/c1-3-9-17(2,13-21)19-12-14-15(18)7-6-8-16(14)20-10-4-5-11-20/h6-8,19,21H,3-5,9-13H2,1-2H3/t17-/m1/s1. The molecule has 1 aromatic rings. The van der Waals surface area contributed by atoms with Crippen molar-refractivity contribution in [1.82, 2.24) is 5.32 Å². The molecule has 0 unspecified atom stereocenters. The monoisotopic (exact) mass is 294 g/mol. The summed E-state index contributed by atoms with van der Waals surface area (Å²) in [6.45, 7) is 6.61. The zero-order chi connectivity index (χ0) is 15.3. The number of hydrogen-bond acceptors (Lipinski definition) is 3. The first-order valence-corrected chi connectivity index (χ1v) is 7.98. The molecule has 0 spiro atoms. The molecule has 118 valence electrons. The molecule has 2 N–H and O–H groups in total. The third kappa shape index (κ3) is 3.95. The lowest BCUT2D eigenvalue weighted by atomic mass is 9.96. The fraction of sp³-hybridized carbons (Fsp3) is 0.647. The number of rotatable bonds is 7. The average Bonchev–Trinajstić information content (AvgIpc) is 3.00. The van der Waals surface area contributed by atoms with Crippen LogP contribution in [0.3, 0.4) is 0 Å². The molecule has 0 aromatic heterocycles. The molecule has 2 rings (SSSR count). The number of nitrogens with one attached hydrogen (secondary N) is 1. The van der Waals surface area contributed by atoms with E-state index in [0.29, 0.717) is 6.54 Å². The van der Waals surface area contributed by atoms with Crippen molar-refractivity contribution < 1.29 is 9.50 Å². The Kier molecular flexibility index (Phi) is 5.59. The Morgan fingerprint density at radius 2 is 2.05 bits per heavy atom. The highest BCUT2D eigenvalue weighted by molar-refractivity contribution is 5.54. The maximum Gasteiger partial charge on any atom is 0.129 e. The Hall–Kier alpha value is -1.13. The van der Waals surface area contributed by atoms with E-state index in [1.165, 1.54) is 18.9 Å².